The third kappa shape index (κ3) is 5.29. The first-order valence-corrected chi connectivity index (χ1v) is 4.21. The van der Waals surface area contributed by atoms with Gasteiger partial charge in [-0.2, -0.15) is 0 Å². The molecule has 0 spiro atoms. The van der Waals surface area contributed by atoms with E-state index in [2.05, 4.69) is 0 Å². The Balaban J connectivity index is 3.59. The molecule has 12 heavy (non-hydrogen) atoms. The molecule has 0 aliphatic carbocycles. The van der Waals surface area contributed by atoms with Crippen LogP contribution in [-0.2, 0) is 0 Å². The lowest BCUT2D eigenvalue weighted by Gasteiger charge is -2.11. The summed E-state index contributed by atoms with van der Waals surface area (Å²) in [6.07, 6.45) is 2.93. The van der Waals surface area contributed by atoms with Crippen molar-refractivity contribution in [2.45, 2.75) is 32.5 Å². The molecule has 0 radical (unpaired) electrons. The fourth-order valence-corrected chi connectivity index (χ4v) is 0.708. The molecule has 3 atom stereocenters. The van der Waals surface area contributed by atoms with Gasteiger partial charge in [0.05, 0.1) is 18.8 Å². The van der Waals surface area contributed by atoms with E-state index in [0.29, 0.717) is 6.42 Å². The monoisotopic (exact) mass is 174 g/mol. The third-order valence-corrected chi connectivity index (χ3v) is 1.88. The quantitative estimate of drug-likeness (QED) is 0.525. The van der Waals surface area contributed by atoms with Crippen LogP contribution in [0.4, 0.5) is 0 Å². The Morgan fingerprint density at radius 2 is 1.83 bits per heavy atom. The Bertz CT molecular complexity index is 132. The van der Waals surface area contributed by atoms with Crippen LogP contribution in [0.3, 0.4) is 0 Å². The summed E-state index contributed by atoms with van der Waals surface area (Å²) in [6, 6.07) is 0. The van der Waals surface area contributed by atoms with Crippen molar-refractivity contribution in [3.8, 4) is 0 Å². The first kappa shape index (κ1) is 11.6. The molecule has 0 saturated heterocycles. The molecule has 0 saturated carbocycles. The van der Waals surface area contributed by atoms with E-state index in [1.54, 1.807) is 19.1 Å². The van der Waals surface area contributed by atoms with E-state index < -0.39 is 6.10 Å². The van der Waals surface area contributed by atoms with Crippen LogP contribution >= 0.6 is 0 Å². The van der Waals surface area contributed by atoms with Crippen molar-refractivity contribution in [2.75, 3.05) is 6.61 Å². The van der Waals surface area contributed by atoms with Gasteiger partial charge in [0, 0.05) is 0 Å². The Kier molecular flexibility index (Phi) is 5.98. The van der Waals surface area contributed by atoms with Crippen LogP contribution < -0.4 is 0 Å². The minimum atomic E-state index is -0.772. The molecule has 3 nitrogen and oxygen atoms in total. The Labute approximate surface area is 73.4 Å². The maximum Gasteiger partial charge on any atom is 0.0951 e. The van der Waals surface area contributed by atoms with Gasteiger partial charge in [-0.15, -0.1) is 0 Å². The van der Waals surface area contributed by atoms with Crippen molar-refractivity contribution >= 4 is 0 Å². The van der Waals surface area contributed by atoms with Crippen LogP contribution in [0.15, 0.2) is 12.2 Å². The molecular weight excluding hydrogens is 156 g/mol. The molecule has 3 heteroatoms. The van der Waals surface area contributed by atoms with Crippen LogP contribution in [0.5, 0.6) is 0 Å². The summed E-state index contributed by atoms with van der Waals surface area (Å²) in [4.78, 5) is 0. The van der Waals surface area contributed by atoms with Crippen LogP contribution in [0, 0.1) is 5.92 Å². The minimum Gasteiger partial charge on any atom is -0.393 e. The highest BCUT2D eigenvalue weighted by molar-refractivity contribution is 4.89. The van der Waals surface area contributed by atoms with Gasteiger partial charge in [-0.05, 0) is 19.3 Å². The van der Waals surface area contributed by atoms with E-state index in [0.717, 1.165) is 0 Å². The average molecular weight is 174 g/mol. The molecule has 0 aromatic rings. The molecule has 0 rings (SSSR count). The van der Waals surface area contributed by atoms with Crippen molar-refractivity contribution in [3.63, 3.8) is 0 Å². The molecule has 0 aromatic heterocycles. The zero-order chi connectivity index (χ0) is 9.56. The van der Waals surface area contributed by atoms with E-state index in [1.807, 2.05) is 6.92 Å². The number of aliphatic hydroxyl groups excluding tert-OH is 3. The Hall–Kier alpha value is -0.380. The van der Waals surface area contributed by atoms with E-state index in [-0.39, 0.29) is 18.6 Å². The summed E-state index contributed by atoms with van der Waals surface area (Å²) in [6.45, 7) is 3.42. The molecule has 1 unspecified atom stereocenters. The molecule has 0 aromatic carbocycles. The molecule has 0 amide bonds. The first-order valence-electron chi connectivity index (χ1n) is 4.21. The Morgan fingerprint density at radius 1 is 1.25 bits per heavy atom. The molecule has 72 valence electrons. The predicted octanol–water partition coefficient (Wildman–Crippen LogP) is 0.303. The number of allylic oxidation sites excluding steroid dienone is 1. The van der Waals surface area contributed by atoms with Crippen molar-refractivity contribution in [1.29, 1.82) is 0 Å². The predicted molar refractivity (Wildman–Crippen MR) is 47.7 cm³/mol. The molecule has 0 bridgehead atoms. The van der Waals surface area contributed by atoms with Crippen molar-refractivity contribution in [3.05, 3.63) is 12.2 Å². The second kappa shape index (κ2) is 6.17. The van der Waals surface area contributed by atoms with Gasteiger partial charge in [-0.3, -0.25) is 0 Å². The minimum absolute atomic E-state index is 0.187. The lowest BCUT2D eigenvalue weighted by molar-refractivity contribution is 0.128. The van der Waals surface area contributed by atoms with Gasteiger partial charge in [-0.25, -0.2) is 0 Å². The van der Waals surface area contributed by atoms with Crippen LogP contribution in [0.2, 0.25) is 0 Å². The standard InChI is InChI=1S/C9H18O3/c1-7(8(2)11)4-3-5-9(12)6-10/h3,5,7-12H,4,6H2,1-2H3/b5-3-/t7?,8-,9+/m0/s1. The molecular formula is C9H18O3. The summed E-state index contributed by atoms with van der Waals surface area (Å²) in [5, 5.41) is 26.5. The van der Waals surface area contributed by atoms with E-state index in [1.165, 1.54) is 0 Å². The zero-order valence-corrected chi connectivity index (χ0v) is 7.64. The molecule has 0 aliphatic heterocycles. The summed E-state index contributed by atoms with van der Waals surface area (Å²) in [7, 11) is 0. The fraction of sp³-hybridized carbons (Fsp3) is 0.778. The van der Waals surface area contributed by atoms with Crippen LogP contribution in [0.25, 0.3) is 0 Å². The molecule has 0 heterocycles. The van der Waals surface area contributed by atoms with E-state index in [9.17, 15) is 0 Å². The van der Waals surface area contributed by atoms with Crippen molar-refractivity contribution < 1.29 is 15.3 Å². The second-order valence-electron chi connectivity index (χ2n) is 3.13. The second-order valence-corrected chi connectivity index (χ2v) is 3.13. The lowest BCUT2D eigenvalue weighted by atomic mass is 10.0. The highest BCUT2D eigenvalue weighted by Gasteiger charge is 2.05. The number of hydrogen-bond donors (Lipinski definition) is 3. The molecule has 3 N–H and O–H groups in total. The maximum atomic E-state index is 9.10. The third-order valence-electron chi connectivity index (χ3n) is 1.88. The van der Waals surface area contributed by atoms with Gasteiger partial charge in [0.15, 0.2) is 0 Å². The van der Waals surface area contributed by atoms with Gasteiger partial charge in [0.25, 0.3) is 0 Å². The SMILES string of the molecule is CC(C/C=C\[C@@H](O)CO)[C@H](C)O. The van der Waals surface area contributed by atoms with Crippen molar-refractivity contribution in [2.24, 2.45) is 5.92 Å². The van der Waals surface area contributed by atoms with E-state index in [4.69, 9.17) is 15.3 Å². The molecule has 0 fully saturated rings. The highest BCUT2D eigenvalue weighted by atomic mass is 16.3. The van der Waals surface area contributed by atoms with Gasteiger partial charge >= 0.3 is 0 Å². The Morgan fingerprint density at radius 3 is 2.25 bits per heavy atom. The molecule has 0 aliphatic rings. The topological polar surface area (TPSA) is 60.7 Å². The normalized spacial score (nSPS) is 19.4. The zero-order valence-electron chi connectivity index (χ0n) is 7.64. The summed E-state index contributed by atoms with van der Waals surface area (Å²) in [5.74, 6) is 0.187. The fourth-order valence-electron chi connectivity index (χ4n) is 0.708. The van der Waals surface area contributed by atoms with Gasteiger partial charge < -0.3 is 15.3 Å². The van der Waals surface area contributed by atoms with Crippen molar-refractivity contribution in [1.82, 2.24) is 0 Å². The number of rotatable bonds is 5. The van der Waals surface area contributed by atoms with Gasteiger partial charge in [0.2, 0.25) is 0 Å². The highest BCUT2D eigenvalue weighted by Crippen LogP contribution is 2.08. The number of aliphatic hydroxyl groups is 3. The number of hydrogen-bond acceptors (Lipinski definition) is 3. The summed E-state index contributed by atoms with van der Waals surface area (Å²) in [5.41, 5.74) is 0. The summed E-state index contributed by atoms with van der Waals surface area (Å²) < 4.78 is 0. The first-order chi connectivity index (χ1) is 5.57. The summed E-state index contributed by atoms with van der Waals surface area (Å²) >= 11 is 0. The largest absolute Gasteiger partial charge is 0.393 e. The van der Waals surface area contributed by atoms with Gasteiger partial charge in [0.1, 0.15) is 0 Å². The lowest BCUT2D eigenvalue weighted by Crippen LogP contribution is -2.12. The smallest absolute Gasteiger partial charge is 0.0951 e. The van der Waals surface area contributed by atoms with E-state index >= 15 is 0 Å². The van der Waals surface area contributed by atoms with Gasteiger partial charge in [-0.1, -0.05) is 19.1 Å². The maximum absolute atomic E-state index is 9.10. The van der Waals surface area contributed by atoms with Crippen LogP contribution in [0.1, 0.15) is 20.3 Å². The average Bonchev–Trinajstić information content (AvgIpc) is 2.03. The van der Waals surface area contributed by atoms with Crippen LogP contribution in [-0.4, -0.2) is 34.1 Å².